The first-order valence-corrected chi connectivity index (χ1v) is 7.25. The monoisotopic (exact) mass is 278 g/mol. The van der Waals surface area contributed by atoms with E-state index in [1.165, 1.54) is 6.42 Å². The number of urea groups is 1. The summed E-state index contributed by atoms with van der Waals surface area (Å²) in [5.74, 6) is 0.412. The minimum Gasteiger partial charge on any atom is -0.334 e. The van der Waals surface area contributed by atoms with Crippen molar-refractivity contribution in [2.75, 3.05) is 13.1 Å². The molecular formula is C16H23FN2O. The first kappa shape index (κ1) is 14.8. The molecular weight excluding hydrogens is 255 g/mol. The average Bonchev–Trinajstić information content (AvgIpc) is 2.42. The Balaban J connectivity index is 1.93. The first-order chi connectivity index (χ1) is 9.47. The molecule has 2 amide bonds. The number of aryl methyl sites for hydroxylation is 2. The zero-order chi connectivity index (χ0) is 14.7. The van der Waals surface area contributed by atoms with Gasteiger partial charge in [-0.15, -0.1) is 0 Å². The van der Waals surface area contributed by atoms with Gasteiger partial charge in [-0.05, 0) is 49.3 Å². The number of nitrogens with zero attached hydrogens (tertiary/aromatic N) is 1. The summed E-state index contributed by atoms with van der Waals surface area (Å²) in [7, 11) is 0. The lowest BCUT2D eigenvalue weighted by Crippen LogP contribution is -2.44. The lowest BCUT2D eigenvalue weighted by molar-refractivity contribution is 0.169. The molecule has 1 atom stereocenters. The van der Waals surface area contributed by atoms with Gasteiger partial charge in [0.2, 0.25) is 0 Å². The van der Waals surface area contributed by atoms with Gasteiger partial charge in [0.15, 0.2) is 0 Å². The summed E-state index contributed by atoms with van der Waals surface area (Å²) < 4.78 is 13.5. The van der Waals surface area contributed by atoms with E-state index in [-0.39, 0.29) is 11.8 Å². The molecule has 1 heterocycles. The van der Waals surface area contributed by atoms with Crippen LogP contribution in [0.5, 0.6) is 0 Å². The van der Waals surface area contributed by atoms with Crippen LogP contribution in [0.15, 0.2) is 12.1 Å². The average molecular weight is 278 g/mol. The van der Waals surface area contributed by atoms with Crippen molar-refractivity contribution in [2.45, 2.75) is 40.2 Å². The van der Waals surface area contributed by atoms with Crippen molar-refractivity contribution in [1.29, 1.82) is 0 Å². The standard InChI is InChI=1S/C16H23FN2O/c1-11-5-4-6-19(10-11)16(20)18-9-14-7-12(2)15(17)13(3)8-14/h7-8,11H,4-6,9-10H2,1-3H3,(H,18,20). The highest BCUT2D eigenvalue weighted by atomic mass is 19.1. The summed E-state index contributed by atoms with van der Waals surface area (Å²) in [6, 6.07) is 3.57. The van der Waals surface area contributed by atoms with E-state index in [1.807, 2.05) is 4.90 Å². The number of carbonyl (C=O) groups is 1. The molecule has 4 heteroatoms. The third kappa shape index (κ3) is 3.50. The van der Waals surface area contributed by atoms with Gasteiger partial charge in [-0.3, -0.25) is 0 Å². The molecule has 1 saturated heterocycles. The number of carbonyl (C=O) groups excluding carboxylic acids is 1. The van der Waals surface area contributed by atoms with Crippen molar-refractivity contribution in [3.63, 3.8) is 0 Å². The van der Waals surface area contributed by atoms with Crippen molar-refractivity contribution in [2.24, 2.45) is 5.92 Å². The van der Waals surface area contributed by atoms with Gasteiger partial charge in [0.25, 0.3) is 0 Å². The van der Waals surface area contributed by atoms with Crippen LogP contribution < -0.4 is 5.32 Å². The smallest absolute Gasteiger partial charge is 0.317 e. The number of hydrogen-bond acceptors (Lipinski definition) is 1. The molecule has 1 unspecified atom stereocenters. The second-order valence-electron chi connectivity index (χ2n) is 5.90. The molecule has 110 valence electrons. The SMILES string of the molecule is Cc1cc(CNC(=O)N2CCCC(C)C2)cc(C)c1F. The lowest BCUT2D eigenvalue weighted by Gasteiger charge is -2.31. The number of rotatable bonds is 2. The zero-order valence-corrected chi connectivity index (χ0v) is 12.5. The van der Waals surface area contributed by atoms with Crippen LogP contribution in [-0.2, 0) is 6.54 Å². The van der Waals surface area contributed by atoms with E-state index in [2.05, 4.69) is 12.2 Å². The van der Waals surface area contributed by atoms with Crippen molar-refractivity contribution < 1.29 is 9.18 Å². The van der Waals surface area contributed by atoms with E-state index in [0.717, 1.165) is 25.1 Å². The lowest BCUT2D eigenvalue weighted by atomic mass is 10.0. The van der Waals surface area contributed by atoms with Crippen LogP contribution in [0.3, 0.4) is 0 Å². The summed E-state index contributed by atoms with van der Waals surface area (Å²) in [5, 5.41) is 2.93. The van der Waals surface area contributed by atoms with Crippen LogP contribution in [0.2, 0.25) is 0 Å². The third-order valence-corrected chi connectivity index (χ3v) is 3.88. The normalized spacial score (nSPS) is 19.0. The molecule has 0 aromatic heterocycles. The molecule has 1 aromatic carbocycles. The molecule has 2 rings (SSSR count). The highest BCUT2D eigenvalue weighted by molar-refractivity contribution is 5.74. The van der Waals surface area contributed by atoms with Crippen LogP contribution in [-0.4, -0.2) is 24.0 Å². The van der Waals surface area contributed by atoms with Gasteiger partial charge >= 0.3 is 6.03 Å². The number of benzene rings is 1. The minimum absolute atomic E-state index is 0.0174. The molecule has 1 aliphatic heterocycles. The van der Waals surface area contributed by atoms with E-state index >= 15 is 0 Å². The highest BCUT2D eigenvalue weighted by Crippen LogP contribution is 2.16. The van der Waals surface area contributed by atoms with Crippen molar-refractivity contribution in [3.8, 4) is 0 Å². The third-order valence-electron chi connectivity index (χ3n) is 3.88. The Kier molecular flexibility index (Phi) is 4.63. The van der Waals surface area contributed by atoms with Crippen LogP contribution in [0.4, 0.5) is 9.18 Å². The van der Waals surface area contributed by atoms with Gasteiger partial charge in [0, 0.05) is 19.6 Å². The van der Waals surface area contributed by atoms with E-state index in [4.69, 9.17) is 0 Å². The van der Waals surface area contributed by atoms with Gasteiger partial charge in [-0.25, -0.2) is 9.18 Å². The Labute approximate surface area is 120 Å². The number of halogens is 1. The van der Waals surface area contributed by atoms with Gasteiger partial charge in [-0.2, -0.15) is 0 Å². The second kappa shape index (κ2) is 6.25. The number of hydrogen-bond donors (Lipinski definition) is 1. The Morgan fingerprint density at radius 3 is 2.65 bits per heavy atom. The van der Waals surface area contributed by atoms with Crippen LogP contribution in [0.25, 0.3) is 0 Å². The molecule has 3 nitrogen and oxygen atoms in total. The number of piperidine rings is 1. The number of nitrogens with one attached hydrogen (secondary N) is 1. The van der Waals surface area contributed by atoms with Gasteiger partial charge in [-0.1, -0.05) is 19.1 Å². The fraction of sp³-hybridized carbons (Fsp3) is 0.562. The summed E-state index contributed by atoms with van der Waals surface area (Å²) >= 11 is 0. The fourth-order valence-electron chi connectivity index (χ4n) is 2.80. The Bertz CT molecular complexity index is 478. The Morgan fingerprint density at radius 2 is 2.05 bits per heavy atom. The first-order valence-electron chi connectivity index (χ1n) is 7.25. The summed E-state index contributed by atoms with van der Waals surface area (Å²) in [4.78, 5) is 14.0. The van der Waals surface area contributed by atoms with Crippen molar-refractivity contribution in [3.05, 3.63) is 34.6 Å². The maximum absolute atomic E-state index is 13.5. The molecule has 1 aromatic rings. The zero-order valence-electron chi connectivity index (χ0n) is 12.5. The molecule has 0 radical (unpaired) electrons. The van der Waals surface area contributed by atoms with Gasteiger partial charge < -0.3 is 10.2 Å². The largest absolute Gasteiger partial charge is 0.334 e. The molecule has 0 bridgehead atoms. The molecule has 0 spiro atoms. The predicted octanol–water partition coefficient (Wildman–Crippen LogP) is 3.38. The molecule has 1 N–H and O–H groups in total. The summed E-state index contributed by atoms with van der Waals surface area (Å²) in [6.45, 7) is 7.78. The topological polar surface area (TPSA) is 32.3 Å². The number of amides is 2. The summed E-state index contributed by atoms with van der Waals surface area (Å²) in [5.41, 5.74) is 2.20. The quantitative estimate of drug-likeness (QED) is 0.883. The minimum atomic E-state index is -0.162. The van der Waals surface area contributed by atoms with Gasteiger partial charge in [0.05, 0.1) is 0 Å². The van der Waals surface area contributed by atoms with E-state index in [9.17, 15) is 9.18 Å². The van der Waals surface area contributed by atoms with Gasteiger partial charge in [0.1, 0.15) is 5.82 Å². The van der Waals surface area contributed by atoms with Crippen molar-refractivity contribution >= 4 is 6.03 Å². The van der Waals surface area contributed by atoms with Crippen LogP contribution in [0.1, 0.15) is 36.5 Å². The van der Waals surface area contributed by atoms with E-state index < -0.39 is 0 Å². The molecule has 0 aliphatic carbocycles. The summed E-state index contributed by atoms with van der Waals surface area (Å²) in [6.07, 6.45) is 2.27. The van der Waals surface area contributed by atoms with Crippen LogP contribution >= 0.6 is 0 Å². The fourth-order valence-corrected chi connectivity index (χ4v) is 2.80. The predicted molar refractivity (Wildman–Crippen MR) is 78.1 cm³/mol. The molecule has 1 aliphatic rings. The van der Waals surface area contributed by atoms with E-state index in [0.29, 0.717) is 23.6 Å². The Hall–Kier alpha value is -1.58. The van der Waals surface area contributed by atoms with Crippen LogP contribution in [0, 0.1) is 25.6 Å². The molecule has 1 fully saturated rings. The maximum atomic E-state index is 13.5. The number of likely N-dealkylation sites (tertiary alicyclic amines) is 1. The molecule has 0 saturated carbocycles. The highest BCUT2D eigenvalue weighted by Gasteiger charge is 2.20. The van der Waals surface area contributed by atoms with E-state index in [1.54, 1.807) is 26.0 Å². The Morgan fingerprint density at radius 1 is 1.40 bits per heavy atom. The molecule has 20 heavy (non-hydrogen) atoms. The maximum Gasteiger partial charge on any atom is 0.317 e. The van der Waals surface area contributed by atoms with Crippen molar-refractivity contribution in [1.82, 2.24) is 10.2 Å². The second-order valence-corrected chi connectivity index (χ2v) is 5.90.